The van der Waals surface area contributed by atoms with Gasteiger partial charge in [-0.15, -0.1) is 0 Å². The van der Waals surface area contributed by atoms with Crippen LogP contribution >= 0.6 is 0 Å². The highest BCUT2D eigenvalue weighted by molar-refractivity contribution is 5.77. The maximum Gasteiger partial charge on any atom is 0.309 e. The van der Waals surface area contributed by atoms with Gasteiger partial charge in [-0.3, -0.25) is 4.79 Å². The number of rotatable bonds is 1. The second-order valence-corrected chi connectivity index (χ2v) is 5.06. The van der Waals surface area contributed by atoms with E-state index in [1.54, 1.807) is 0 Å². The Balaban J connectivity index is 1.82. The second-order valence-electron chi connectivity index (χ2n) is 5.06. The van der Waals surface area contributed by atoms with Gasteiger partial charge in [0.2, 0.25) is 0 Å². The van der Waals surface area contributed by atoms with Gasteiger partial charge in [0.05, 0.1) is 13.0 Å². The lowest BCUT2D eigenvalue weighted by molar-refractivity contribution is -0.154. The standard InChI is InChI=1S/C10H15NO2/c1-13-8(12)7-4-9-2-6(11)3-10(7,9)5-9/h6-7H,2-5,11H2,1H3. The lowest BCUT2D eigenvalue weighted by Crippen LogP contribution is -2.39. The topological polar surface area (TPSA) is 52.3 Å². The third kappa shape index (κ3) is 0.654. The van der Waals surface area contributed by atoms with Crippen molar-refractivity contribution < 1.29 is 9.53 Å². The van der Waals surface area contributed by atoms with Crippen molar-refractivity contribution in [2.24, 2.45) is 22.5 Å². The summed E-state index contributed by atoms with van der Waals surface area (Å²) in [5.74, 6) is 0.160. The van der Waals surface area contributed by atoms with E-state index >= 15 is 0 Å². The molecule has 0 aromatic rings. The zero-order valence-electron chi connectivity index (χ0n) is 7.88. The van der Waals surface area contributed by atoms with Crippen molar-refractivity contribution >= 4 is 5.97 Å². The molecule has 4 atom stereocenters. The van der Waals surface area contributed by atoms with Crippen molar-refractivity contribution in [2.45, 2.75) is 31.7 Å². The van der Waals surface area contributed by atoms with Crippen LogP contribution in [0.2, 0.25) is 0 Å². The molecular weight excluding hydrogens is 166 g/mol. The summed E-state index contributed by atoms with van der Waals surface area (Å²) >= 11 is 0. The molecule has 0 aliphatic heterocycles. The monoisotopic (exact) mass is 181 g/mol. The summed E-state index contributed by atoms with van der Waals surface area (Å²) in [5.41, 5.74) is 6.69. The first-order valence-electron chi connectivity index (χ1n) is 4.97. The van der Waals surface area contributed by atoms with Crippen molar-refractivity contribution in [2.75, 3.05) is 7.11 Å². The van der Waals surface area contributed by atoms with E-state index in [-0.39, 0.29) is 11.9 Å². The van der Waals surface area contributed by atoms with Crippen LogP contribution in [0.5, 0.6) is 0 Å². The smallest absolute Gasteiger partial charge is 0.309 e. The quantitative estimate of drug-likeness (QED) is 0.605. The van der Waals surface area contributed by atoms with Crippen LogP contribution in [0.25, 0.3) is 0 Å². The van der Waals surface area contributed by atoms with E-state index in [2.05, 4.69) is 0 Å². The Morgan fingerprint density at radius 2 is 2.23 bits per heavy atom. The average Bonchev–Trinajstić information content (AvgIpc) is 2.47. The van der Waals surface area contributed by atoms with Gasteiger partial charge < -0.3 is 10.5 Å². The van der Waals surface area contributed by atoms with Crippen LogP contribution in [0.15, 0.2) is 0 Å². The van der Waals surface area contributed by atoms with Gasteiger partial charge in [-0.1, -0.05) is 0 Å². The molecule has 3 nitrogen and oxygen atoms in total. The van der Waals surface area contributed by atoms with Crippen LogP contribution in [0, 0.1) is 16.7 Å². The highest BCUT2D eigenvalue weighted by Gasteiger charge is 2.83. The molecule has 0 bridgehead atoms. The fraction of sp³-hybridized carbons (Fsp3) is 0.900. The Hall–Kier alpha value is -0.570. The molecule has 0 amide bonds. The summed E-state index contributed by atoms with van der Waals surface area (Å²) < 4.78 is 4.81. The zero-order chi connectivity index (χ0) is 9.27. The van der Waals surface area contributed by atoms with E-state index in [1.807, 2.05) is 0 Å². The van der Waals surface area contributed by atoms with Crippen molar-refractivity contribution in [3.8, 4) is 0 Å². The largest absolute Gasteiger partial charge is 0.469 e. The van der Waals surface area contributed by atoms with Crippen LogP contribution in [0.4, 0.5) is 0 Å². The molecule has 3 heteroatoms. The molecule has 3 saturated carbocycles. The van der Waals surface area contributed by atoms with Gasteiger partial charge >= 0.3 is 5.97 Å². The Labute approximate surface area is 77.6 Å². The molecule has 0 radical (unpaired) electrons. The predicted molar refractivity (Wildman–Crippen MR) is 46.8 cm³/mol. The summed E-state index contributed by atoms with van der Waals surface area (Å²) in [6.07, 6.45) is 4.45. The SMILES string of the molecule is COC(=O)C1CC23CC(N)CC12C3. The minimum absolute atomic E-state index is 0.0118. The molecule has 0 saturated heterocycles. The molecule has 3 aliphatic rings. The molecule has 3 fully saturated rings. The molecular formula is C10H15NO2. The average molecular weight is 181 g/mol. The van der Waals surface area contributed by atoms with Crippen molar-refractivity contribution in [3.05, 3.63) is 0 Å². The zero-order valence-corrected chi connectivity index (χ0v) is 7.88. The summed E-state index contributed by atoms with van der Waals surface area (Å²) in [4.78, 5) is 11.4. The van der Waals surface area contributed by atoms with Crippen LogP contribution in [-0.4, -0.2) is 19.1 Å². The van der Waals surface area contributed by atoms with Gasteiger partial charge in [-0.2, -0.15) is 0 Å². The molecule has 3 aliphatic carbocycles. The summed E-state index contributed by atoms with van der Waals surface area (Å²) in [6, 6.07) is 0.336. The Morgan fingerprint density at radius 3 is 2.85 bits per heavy atom. The number of nitrogens with two attached hydrogens (primary N) is 1. The minimum Gasteiger partial charge on any atom is -0.469 e. The number of ether oxygens (including phenoxy) is 1. The van der Waals surface area contributed by atoms with Gasteiger partial charge in [0.25, 0.3) is 0 Å². The first kappa shape index (κ1) is 7.80. The van der Waals surface area contributed by atoms with Gasteiger partial charge in [0.15, 0.2) is 0 Å². The molecule has 13 heavy (non-hydrogen) atoms. The van der Waals surface area contributed by atoms with E-state index in [0.717, 1.165) is 19.3 Å². The van der Waals surface area contributed by atoms with Crippen LogP contribution in [-0.2, 0) is 9.53 Å². The summed E-state index contributed by atoms with van der Waals surface area (Å²) in [6.45, 7) is 0. The lowest BCUT2D eigenvalue weighted by atomic mass is 9.67. The van der Waals surface area contributed by atoms with Crippen molar-refractivity contribution in [3.63, 3.8) is 0 Å². The van der Waals surface area contributed by atoms with Crippen LogP contribution < -0.4 is 5.73 Å². The molecule has 72 valence electrons. The van der Waals surface area contributed by atoms with E-state index in [9.17, 15) is 4.79 Å². The highest BCUT2D eigenvalue weighted by Crippen LogP contribution is 2.87. The maximum atomic E-state index is 11.4. The normalized spacial score (nSPS) is 56.2. The van der Waals surface area contributed by atoms with Gasteiger partial charge in [0, 0.05) is 6.04 Å². The number of hydrogen-bond acceptors (Lipinski definition) is 3. The predicted octanol–water partition coefficient (Wildman–Crippen LogP) is 0.677. The van der Waals surface area contributed by atoms with Gasteiger partial charge in [-0.25, -0.2) is 0 Å². The number of carbonyl (C=O) groups excluding carboxylic acids is 1. The summed E-state index contributed by atoms with van der Waals surface area (Å²) in [5, 5.41) is 0. The van der Waals surface area contributed by atoms with E-state index in [0.29, 0.717) is 16.9 Å². The fourth-order valence-corrected chi connectivity index (χ4v) is 4.07. The first-order chi connectivity index (χ1) is 6.13. The minimum atomic E-state index is -0.0118. The molecule has 4 unspecified atom stereocenters. The Morgan fingerprint density at radius 1 is 1.46 bits per heavy atom. The van der Waals surface area contributed by atoms with Crippen LogP contribution in [0.3, 0.4) is 0 Å². The molecule has 0 spiro atoms. The highest BCUT2D eigenvalue weighted by atomic mass is 16.5. The fourth-order valence-electron chi connectivity index (χ4n) is 4.07. The Bertz CT molecular complexity index is 291. The first-order valence-corrected chi connectivity index (χ1v) is 4.97. The molecule has 3 rings (SSSR count). The lowest BCUT2D eigenvalue weighted by Gasteiger charge is -2.37. The maximum absolute atomic E-state index is 11.4. The number of carbonyl (C=O) groups is 1. The number of esters is 1. The molecule has 0 heterocycles. The third-order valence-corrected chi connectivity index (χ3v) is 4.61. The van der Waals surface area contributed by atoms with Crippen LogP contribution in [0.1, 0.15) is 25.7 Å². The van der Waals surface area contributed by atoms with Gasteiger partial charge in [-0.05, 0) is 36.5 Å². The third-order valence-electron chi connectivity index (χ3n) is 4.61. The van der Waals surface area contributed by atoms with E-state index in [1.165, 1.54) is 13.5 Å². The van der Waals surface area contributed by atoms with Crippen molar-refractivity contribution in [1.82, 2.24) is 0 Å². The Kier molecular flexibility index (Phi) is 1.15. The number of methoxy groups -OCH3 is 1. The van der Waals surface area contributed by atoms with Crippen molar-refractivity contribution in [1.29, 1.82) is 0 Å². The summed E-state index contributed by atoms with van der Waals surface area (Å²) in [7, 11) is 1.48. The molecule has 0 aromatic heterocycles. The molecule has 0 aromatic carbocycles. The number of hydrogen-bond donors (Lipinski definition) is 1. The molecule has 2 N–H and O–H groups in total. The van der Waals surface area contributed by atoms with E-state index in [4.69, 9.17) is 10.5 Å². The van der Waals surface area contributed by atoms with Gasteiger partial charge in [0.1, 0.15) is 0 Å². The second kappa shape index (κ2) is 1.92. The van der Waals surface area contributed by atoms with E-state index < -0.39 is 0 Å².